The summed E-state index contributed by atoms with van der Waals surface area (Å²) in [7, 11) is 1.91. The molecule has 0 unspecified atom stereocenters. The van der Waals surface area contributed by atoms with Crippen molar-refractivity contribution in [2.24, 2.45) is 0 Å². The highest BCUT2D eigenvalue weighted by molar-refractivity contribution is 7.09. The van der Waals surface area contributed by atoms with Crippen LogP contribution in [0.5, 0.6) is 5.75 Å². The van der Waals surface area contributed by atoms with Gasteiger partial charge in [0.2, 0.25) is 0 Å². The number of hydrogen-bond acceptors (Lipinski definition) is 4. The van der Waals surface area contributed by atoms with E-state index in [0.29, 0.717) is 11.6 Å². The maximum atomic E-state index is 6.25. The van der Waals surface area contributed by atoms with Gasteiger partial charge >= 0.3 is 0 Å². The molecule has 0 bridgehead atoms. The van der Waals surface area contributed by atoms with Crippen LogP contribution in [0.3, 0.4) is 0 Å². The van der Waals surface area contributed by atoms with Crippen LogP contribution >= 0.6 is 22.9 Å². The Labute approximate surface area is 116 Å². The van der Waals surface area contributed by atoms with E-state index in [9.17, 15) is 0 Å². The Hall–Kier alpha value is -1.10. The fourth-order valence-corrected chi connectivity index (χ4v) is 2.70. The Morgan fingerprint density at radius 1 is 1.44 bits per heavy atom. The van der Waals surface area contributed by atoms with E-state index in [4.69, 9.17) is 16.3 Å². The van der Waals surface area contributed by atoms with Crippen molar-refractivity contribution in [2.45, 2.75) is 13.5 Å². The molecule has 0 fully saturated rings. The number of halogens is 1. The first kappa shape index (κ1) is 13.3. The zero-order chi connectivity index (χ0) is 13.0. The Bertz CT molecular complexity index is 527. The molecule has 0 radical (unpaired) electrons. The number of nitrogens with zero attached hydrogens (tertiary/aromatic N) is 1. The molecule has 0 aliphatic carbocycles. The van der Waals surface area contributed by atoms with E-state index in [2.05, 4.69) is 10.3 Å². The molecule has 0 aliphatic heterocycles. The minimum atomic E-state index is 0.638. The van der Waals surface area contributed by atoms with E-state index in [1.807, 2.05) is 37.6 Å². The zero-order valence-electron chi connectivity index (χ0n) is 10.4. The fraction of sp³-hybridized carbons (Fsp3) is 0.308. The zero-order valence-corrected chi connectivity index (χ0v) is 11.9. The van der Waals surface area contributed by atoms with Crippen LogP contribution in [0.2, 0.25) is 5.02 Å². The summed E-state index contributed by atoms with van der Waals surface area (Å²) in [5.74, 6) is 0.789. The molecule has 0 saturated heterocycles. The Morgan fingerprint density at radius 2 is 2.28 bits per heavy atom. The second-order valence-electron chi connectivity index (χ2n) is 3.73. The third-order valence-electron chi connectivity index (χ3n) is 2.41. The van der Waals surface area contributed by atoms with E-state index >= 15 is 0 Å². The minimum Gasteiger partial charge on any atom is -0.494 e. The number of benzene rings is 1. The van der Waals surface area contributed by atoms with Gasteiger partial charge in [-0.15, -0.1) is 11.3 Å². The van der Waals surface area contributed by atoms with Gasteiger partial charge in [-0.25, -0.2) is 4.98 Å². The van der Waals surface area contributed by atoms with E-state index in [1.165, 1.54) is 0 Å². The monoisotopic (exact) mass is 282 g/mol. The fourth-order valence-electron chi connectivity index (χ4n) is 1.63. The number of aromatic nitrogens is 1. The molecule has 2 rings (SSSR count). The van der Waals surface area contributed by atoms with Crippen molar-refractivity contribution >= 4 is 22.9 Å². The Morgan fingerprint density at radius 3 is 2.94 bits per heavy atom. The van der Waals surface area contributed by atoms with E-state index < -0.39 is 0 Å². The summed E-state index contributed by atoms with van der Waals surface area (Å²) in [6.45, 7) is 3.37. The topological polar surface area (TPSA) is 34.1 Å². The van der Waals surface area contributed by atoms with Gasteiger partial charge in [0.05, 0.1) is 17.3 Å². The molecule has 1 N–H and O–H groups in total. The van der Waals surface area contributed by atoms with Gasteiger partial charge in [-0.05, 0) is 32.2 Å². The summed E-state index contributed by atoms with van der Waals surface area (Å²) >= 11 is 7.88. The predicted molar refractivity (Wildman–Crippen MR) is 76.5 cm³/mol. The van der Waals surface area contributed by atoms with Gasteiger partial charge in [0.25, 0.3) is 0 Å². The van der Waals surface area contributed by atoms with Gasteiger partial charge in [-0.1, -0.05) is 11.6 Å². The average Bonchev–Trinajstić information content (AvgIpc) is 2.78. The SMILES string of the molecule is CCOc1ccc(-c2csc(CNC)n2)c(Cl)c1. The lowest BCUT2D eigenvalue weighted by molar-refractivity contribution is 0.340. The Kier molecular flexibility index (Phi) is 4.58. The van der Waals surface area contributed by atoms with Gasteiger partial charge in [0.15, 0.2) is 0 Å². The highest BCUT2D eigenvalue weighted by Gasteiger charge is 2.09. The molecule has 0 amide bonds. The summed E-state index contributed by atoms with van der Waals surface area (Å²) in [6.07, 6.45) is 0. The number of ether oxygens (including phenoxy) is 1. The van der Waals surface area contributed by atoms with Crippen LogP contribution < -0.4 is 10.1 Å². The van der Waals surface area contributed by atoms with Gasteiger partial charge in [0, 0.05) is 17.5 Å². The van der Waals surface area contributed by atoms with Crippen LogP contribution in [0.25, 0.3) is 11.3 Å². The number of thiazole rings is 1. The van der Waals surface area contributed by atoms with E-state index in [-0.39, 0.29) is 0 Å². The average molecular weight is 283 g/mol. The van der Waals surface area contributed by atoms with Crippen LogP contribution in [-0.4, -0.2) is 18.6 Å². The molecule has 3 nitrogen and oxygen atoms in total. The predicted octanol–water partition coefficient (Wildman–Crippen LogP) is 3.58. The maximum absolute atomic E-state index is 6.25. The first-order chi connectivity index (χ1) is 8.74. The maximum Gasteiger partial charge on any atom is 0.120 e. The third-order valence-corrected chi connectivity index (χ3v) is 3.57. The minimum absolute atomic E-state index is 0.638. The lowest BCUT2D eigenvalue weighted by atomic mass is 10.1. The summed E-state index contributed by atoms with van der Waals surface area (Å²) < 4.78 is 5.41. The number of rotatable bonds is 5. The molecule has 1 heterocycles. The molecular weight excluding hydrogens is 268 g/mol. The van der Waals surface area contributed by atoms with Crippen LogP contribution in [0.4, 0.5) is 0 Å². The summed E-state index contributed by atoms with van der Waals surface area (Å²) in [6, 6.07) is 5.70. The lowest BCUT2D eigenvalue weighted by Gasteiger charge is -2.06. The van der Waals surface area contributed by atoms with Crippen LogP contribution in [-0.2, 0) is 6.54 Å². The van der Waals surface area contributed by atoms with E-state index in [1.54, 1.807) is 11.3 Å². The first-order valence-corrected chi connectivity index (χ1v) is 7.02. The van der Waals surface area contributed by atoms with Crippen molar-refractivity contribution in [1.82, 2.24) is 10.3 Å². The molecule has 0 atom stereocenters. The standard InChI is InChI=1S/C13H15ClN2OS/c1-3-17-9-4-5-10(11(14)6-9)12-8-18-13(16-12)7-15-2/h4-6,8,15H,3,7H2,1-2H3. The normalized spacial score (nSPS) is 10.6. The molecule has 0 spiro atoms. The lowest BCUT2D eigenvalue weighted by Crippen LogP contribution is -2.04. The largest absolute Gasteiger partial charge is 0.494 e. The van der Waals surface area contributed by atoms with Crippen LogP contribution in [0.1, 0.15) is 11.9 Å². The molecule has 5 heteroatoms. The van der Waals surface area contributed by atoms with Gasteiger partial charge in [-0.2, -0.15) is 0 Å². The Balaban J connectivity index is 2.26. The van der Waals surface area contributed by atoms with Crippen molar-refractivity contribution in [3.05, 3.63) is 33.6 Å². The second kappa shape index (κ2) is 6.18. The highest BCUT2D eigenvalue weighted by atomic mass is 35.5. The van der Waals surface area contributed by atoms with Crippen LogP contribution in [0.15, 0.2) is 23.6 Å². The number of nitrogens with one attached hydrogen (secondary N) is 1. The molecule has 2 aromatic rings. The summed E-state index contributed by atoms with van der Waals surface area (Å²) in [5.41, 5.74) is 1.86. The molecule has 0 saturated carbocycles. The van der Waals surface area contributed by atoms with Crippen LogP contribution in [0, 0.1) is 0 Å². The van der Waals surface area contributed by atoms with Gasteiger partial charge in [-0.3, -0.25) is 0 Å². The van der Waals surface area contributed by atoms with Crippen molar-refractivity contribution in [2.75, 3.05) is 13.7 Å². The number of hydrogen-bond donors (Lipinski definition) is 1. The molecule has 1 aromatic carbocycles. The molecule has 1 aromatic heterocycles. The second-order valence-corrected chi connectivity index (χ2v) is 5.08. The van der Waals surface area contributed by atoms with Crippen molar-refractivity contribution < 1.29 is 4.74 Å². The van der Waals surface area contributed by atoms with Crippen molar-refractivity contribution in [1.29, 1.82) is 0 Å². The first-order valence-electron chi connectivity index (χ1n) is 5.76. The third kappa shape index (κ3) is 3.02. The van der Waals surface area contributed by atoms with Crippen molar-refractivity contribution in [3.63, 3.8) is 0 Å². The smallest absolute Gasteiger partial charge is 0.120 e. The molecule has 0 aliphatic rings. The van der Waals surface area contributed by atoms with Crippen molar-refractivity contribution in [3.8, 4) is 17.0 Å². The van der Waals surface area contributed by atoms with Gasteiger partial charge < -0.3 is 10.1 Å². The molecule has 18 heavy (non-hydrogen) atoms. The highest BCUT2D eigenvalue weighted by Crippen LogP contribution is 2.31. The molecular formula is C13H15ClN2OS. The summed E-state index contributed by atoms with van der Waals surface area (Å²) in [5, 5.41) is 6.83. The quantitative estimate of drug-likeness (QED) is 0.910. The summed E-state index contributed by atoms with van der Waals surface area (Å²) in [4.78, 5) is 4.54. The molecule has 96 valence electrons. The van der Waals surface area contributed by atoms with E-state index in [0.717, 1.165) is 28.6 Å². The van der Waals surface area contributed by atoms with Gasteiger partial charge in [0.1, 0.15) is 10.8 Å².